The van der Waals surface area contributed by atoms with E-state index in [4.69, 9.17) is 0 Å². The van der Waals surface area contributed by atoms with E-state index in [0.29, 0.717) is 25.3 Å². The minimum Gasteiger partial charge on any atom is -0.323 e. The molecule has 0 saturated carbocycles. The third kappa shape index (κ3) is 4.01. The monoisotopic (exact) mass is 370 g/mol. The zero-order valence-electron chi connectivity index (χ0n) is 16.0. The molecule has 6 heteroatoms. The maximum absolute atomic E-state index is 12.8. The van der Waals surface area contributed by atoms with Crippen molar-refractivity contribution in [2.75, 3.05) is 32.7 Å². The first-order chi connectivity index (χ1) is 13.2. The minimum absolute atomic E-state index is 0.00415. The van der Waals surface area contributed by atoms with Crippen LogP contribution in [0.1, 0.15) is 37.7 Å². The zero-order chi connectivity index (χ0) is 18.7. The largest absolute Gasteiger partial charge is 0.325 e. The van der Waals surface area contributed by atoms with Crippen LogP contribution in [0.5, 0.6) is 0 Å². The molecule has 27 heavy (non-hydrogen) atoms. The van der Waals surface area contributed by atoms with Crippen molar-refractivity contribution >= 4 is 11.9 Å². The molecule has 0 aliphatic carbocycles. The molecule has 0 bridgehead atoms. The lowest BCUT2D eigenvalue weighted by atomic mass is 9.88. The van der Waals surface area contributed by atoms with Crippen LogP contribution in [0.3, 0.4) is 0 Å². The van der Waals surface area contributed by atoms with E-state index < -0.39 is 5.54 Å². The first-order valence-electron chi connectivity index (χ1n) is 10.3. The Morgan fingerprint density at radius 3 is 2.44 bits per heavy atom. The van der Waals surface area contributed by atoms with Crippen LogP contribution >= 0.6 is 0 Å². The third-order valence-corrected chi connectivity index (χ3v) is 6.42. The number of carbonyl (C=O) groups excluding carboxylic acids is 2. The number of hydrogen-bond donors (Lipinski definition) is 2. The average Bonchev–Trinajstić information content (AvgIpc) is 2.92. The minimum atomic E-state index is -0.638. The van der Waals surface area contributed by atoms with Crippen molar-refractivity contribution in [2.45, 2.75) is 44.2 Å². The summed E-state index contributed by atoms with van der Waals surface area (Å²) in [5.41, 5.74) is 0.726. The molecule has 3 aliphatic heterocycles. The Balaban J connectivity index is 1.24. The Morgan fingerprint density at radius 1 is 1.04 bits per heavy atom. The van der Waals surface area contributed by atoms with Gasteiger partial charge in [-0.25, -0.2) is 4.79 Å². The molecule has 146 valence electrons. The van der Waals surface area contributed by atoms with Crippen molar-refractivity contribution in [3.63, 3.8) is 0 Å². The molecule has 1 spiro atoms. The maximum atomic E-state index is 12.8. The SMILES string of the molecule is O=C1NC2(CCNCC2)C(=O)N1CCC1CCN(Cc2ccccc2)CC1. The highest BCUT2D eigenvalue weighted by Crippen LogP contribution is 2.28. The lowest BCUT2D eigenvalue weighted by Crippen LogP contribution is -2.53. The molecule has 1 aromatic rings. The summed E-state index contributed by atoms with van der Waals surface area (Å²) in [4.78, 5) is 29.2. The smallest absolute Gasteiger partial charge is 0.323 e. The van der Waals surface area contributed by atoms with Crippen LogP contribution in [0.2, 0.25) is 0 Å². The number of urea groups is 1. The summed E-state index contributed by atoms with van der Waals surface area (Å²) in [6.07, 6.45) is 4.61. The number of carbonyl (C=O) groups is 2. The molecular weight excluding hydrogens is 340 g/mol. The molecule has 0 atom stereocenters. The molecule has 3 fully saturated rings. The van der Waals surface area contributed by atoms with E-state index in [1.807, 2.05) is 0 Å². The quantitative estimate of drug-likeness (QED) is 0.778. The van der Waals surface area contributed by atoms with E-state index in [2.05, 4.69) is 45.9 Å². The van der Waals surface area contributed by atoms with Crippen LogP contribution in [-0.2, 0) is 11.3 Å². The van der Waals surface area contributed by atoms with Gasteiger partial charge in [-0.2, -0.15) is 0 Å². The second-order valence-corrected chi connectivity index (χ2v) is 8.21. The van der Waals surface area contributed by atoms with E-state index in [0.717, 1.165) is 52.0 Å². The summed E-state index contributed by atoms with van der Waals surface area (Å²) in [6, 6.07) is 10.4. The second kappa shape index (κ2) is 7.98. The predicted molar refractivity (Wildman–Crippen MR) is 104 cm³/mol. The van der Waals surface area contributed by atoms with Crippen molar-refractivity contribution in [1.29, 1.82) is 0 Å². The molecule has 1 aromatic carbocycles. The molecule has 3 aliphatic rings. The van der Waals surface area contributed by atoms with Crippen LogP contribution in [-0.4, -0.2) is 60.0 Å². The molecule has 0 radical (unpaired) electrons. The second-order valence-electron chi connectivity index (χ2n) is 8.21. The summed E-state index contributed by atoms with van der Waals surface area (Å²) in [7, 11) is 0. The molecule has 2 N–H and O–H groups in total. The summed E-state index contributed by atoms with van der Waals surface area (Å²) in [5.74, 6) is 0.595. The number of hydrogen-bond acceptors (Lipinski definition) is 4. The molecule has 6 nitrogen and oxygen atoms in total. The number of likely N-dealkylation sites (tertiary alicyclic amines) is 1. The Kier molecular flexibility index (Phi) is 5.45. The molecular formula is C21H30N4O2. The topological polar surface area (TPSA) is 64.7 Å². The average molecular weight is 370 g/mol. The molecule has 3 amide bonds. The Morgan fingerprint density at radius 2 is 1.74 bits per heavy atom. The normalized spacial score (nSPS) is 23.8. The lowest BCUT2D eigenvalue weighted by molar-refractivity contribution is -0.132. The number of nitrogens with zero attached hydrogens (tertiary/aromatic N) is 2. The van der Waals surface area contributed by atoms with Crippen LogP contribution in [0, 0.1) is 5.92 Å². The van der Waals surface area contributed by atoms with Gasteiger partial charge >= 0.3 is 6.03 Å². The van der Waals surface area contributed by atoms with Crippen LogP contribution in [0.25, 0.3) is 0 Å². The number of amides is 3. The number of imide groups is 1. The highest BCUT2D eigenvalue weighted by atomic mass is 16.2. The van der Waals surface area contributed by atoms with Gasteiger partial charge in [0.15, 0.2) is 0 Å². The van der Waals surface area contributed by atoms with E-state index in [9.17, 15) is 9.59 Å². The van der Waals surface area contributed by atoms with Crippen LogP contribution in [0.15, 0.2) is 30.3 Å². The fraction of sp³-hybridized carbons (Fsp3) is 0.619. The van der Waals surface area contributed by atoms with E-state index in [1.165, 1.54) is 10.5 Å². The van der Waals surface area contributed by atoms with Gasteiger partial charge in [0, 0.05) is 13.1 Å². The molecule has 3 saturated heterocycles. The Bertz CT molecular complexity index is 664. The van der Waals surface area contributed by atoms with Gasteiger partial charge < -0.3 is 10.6 Å². The van der Waals surface area contributed by atoms with Crippen molar-refractivity contribution in [3.05, 3.63) is 35.9 Å². The number of piperidine rings is 2. The van der Waals surface area contributed by atoms with Gasteiger partial charge in [0.2, 0.25) is 0 Å². The van der Waals surface area contributed by atoms with Gasteiger partial charge in [0.05, 0.1) is 0 Å². The summed E-state index contributed by atoms with van der Waals surface area (Å²) >= 11 is 0. The first kappa shape index (κ1) is 18.4. The number of nitrogens with one attached hydrogen (secondary N) is 2. The molecule has 4 rings (SSSR count). The van der Waals surface area contributed by atoms with Gasteiger partial charge in [-0.05, 0) is 69.8 Å². The van der Waals surface area contributed by atoms with Crippen LogP contribution < -0.4 is 10.6 Å². The fourth-order valence-corrected chi connectivity index (χ4v) is 4.66. The van der Waals surface area contributed by atoms with Crippen molar-refractivity contribution in [2.24, 2.45) is 5.92 Å². The third-order valence-electron chi connectivity index (χ3n) is 6.42. The number of benzene rings is 1. The van der Waals surface area contributed by atoms with Gasteiger partial charge in [-0.3, -0.25) is 14.6 Å². The van der Waals surface area contributed by atoms with Crippen molar-refractivity contribution < 1.29 is 9.59 Å². The van der Waals surface area contributed by atoms with Gasteiger partial charge in [0.25, 0.3) is 5.91 Å². The van der Waals surface area contributed by atoms with Gasteiger partial charge in [0.1, 0.15) is 5.54 Å². The molecule has 0 unspecified atom stereocenters. The van der Waals surface area contributed by atoms with E-state index in [1.54, 1.807) is 0 Å². The predicted octanol–water partition coefficient (Wildman–Crippen LogP) is 1.96. The highest BCUT2D eigenvalue weighted by molar-refractivity contribution is 6.07. The molecule has 0 aromatic heterocycles. The van der Waals surface area contributed by atoms with Crippen molar-refractivity contribution in [1.82, 2.24) is 20.4 Å². The molecule has 3 heterocycles. The maximum Gasteiger partial charge on any atom is 0.325 e. The fourth-order valence-electron chi connectivity index (χ4n) is 4.66. The zero-order valence-corrected chi connectivity index (χ0v) is 16.0. The first-order valence-corrected chi connectivity index (χ1v) is 10.3. The Hall–Kier alpha value is -1.92. The van der Waals surface area contributed by atoms with Gasteiger partial charge in [-0.15, -0.1) is 0 Å². The summed E-state index contributed by atoms with van der Waals surface area (Å²) in [5, 5.41) is 6.24. The summed E-state index contributed by atoms with van der Waals surface area (Å²) in [6.45, 7) is 5.34. The number of rotatable bonds is 5. The Labute approximate surface area is 161 Å². The van der Waals surface area contributed by atoms with Crippen LogP contribution in [0.4, 0.5) is 4.79 Å². The van der Waals surface area contributed by atoms with Crippen molar-refractivity contribution in [3.8, 4) is 0 Å². The lowest BCUT2D eigenvalue weighted by Gasteiger charge is -2.33. The van der Waals surface area contributed by atoms with Gasteiger partial charge in [-0.1, -0.05) is 30.3 Å². The highest BCUT2D eigenvalue weighted by Gasteiger charge is 2.51. The van der Waals surface area contributed by atoms with E-state index in [-0.39, 0.29) is 11.9 Å². The van der Waals surface area contributed by atoms with E-state index >= 15 is 0 Å². The summed E-state index contributed by atoms with van der Waals surface area (Å²) < 4.78 is 0. The standard InChI is InChI=1S/C21H30N4O2/c26-19-21(9-11-22-12-10-21)23-20(27)25(19)15-8-17-6-13-24(14-7-17)16-18-4-2-1-3-5-18/h1-5,17,22H,6-16H2,(H,23,27).